The molecule has 0 bridgehead atoms. The van der Waals surface area contributed by atoms with Gasteiger partial charge in [-0.3, -0.25) is 4.79 Å². The van der Waals surface area contributed by atoms with Gasteiger partial charge >= 0.3 is 0 Å². The zero-order valence-corrected chi connectivity index (χ0v) is 9.85. The van der Waals surface area contributed by atoms with Crippen molar-refractivity contribution in [3.8, 4) is 0 Å². The van der Waals surface area contributed by atoms with E-state index < -0.39 is 0 Å². The molecule has 0 spiro atoms. The SMILES string of the molecule is CCC1(CC)CCC(=O)c2ccc(F)cc21. The Balaban J connectivity index is 2.62. The highest BCUT2D eigenvalue weighted by Crippen LogP contribution is 2.42. The van der Waals surface area contributed by atoms with E-state index in [0.29, 0.717) is 6.42 Å². The summed E-state index contributed by atoms with van der Waals surface area (Å²) in [6, 6.07) is 4.59. The Labute approximate surface area is 95.7 Å². The van der Waals surface area contributed by atoms with Crippen LogP contribution in [0.2, 0.25) is 0 Å². The van der Waals surface area contributed by atoms with Crippen LogP contribution in [-0.2, 0) is 5.41 Å². The molecule has 0 radical (unpaired) electrons. The maximum absolute atomic E-state index is 13.3. The molecule has 1 nitrogen and oxygen atoms in total. The van der Waals surface area contributed by atoms with Crippen molar-refractivity contribution in [1.82, 2.24) is 0 Å². The highest BCUT2D eigenvalue weighted by Gasteiger charge is 2.36. The Hall–Kier alpha value is -1.18. The molecule has 0 aliphatic heterocycles. The molecule has 2 heteroatoms. The normalized spacial score (nSPS) is 18.3. The number of hydrogen-bond acceptors (Lipinski definition) is 1. The van der Waals surface area contributed by atoms with E-state index in [1.54, 1.807) is 12.1 Å². The molecule has 1 aromatic carbocycles. The fourth-order valence-corrected chi connectivity index (χ4v) is 2.80. The average molecular weight is 220 g/mol. The lowest BCUT2D eigenvalue weighted by Gasteiger charge is -2.37. The van der Waals surface area contributed by atoms with Gasteiger partial charge < -0.3 is 0 Å². The molecule has 1 aliphatic carbocycles. The second-order valence-corrected chi connectivity index (χ2v) is 4.60. The van der Waals surface area contributed by atoms with E-state index >= 15 is 0 Å². The predicted molar refractivity (Wildman–Crippen MR) is 62.2 cm³/mol. The van der Waals surface area contributed by atoms with Crippen molar-refractivity contribution in [3.05, 3.63) is 35.1 Å². The van der Waals surface area contributed by atoms with Gasteiger partial charge in [0.15, 0.2) is 5.78 Å². The molecule has 0 unspecified atom stereocenters. The van der Waals surface area contributed by atoms with Gasteiger partial charge in [-0.15, -0.1) is 0 Å². The third-order valence-corrected chi connectivity index (χ3v) is 4.04. The van der Waals surface area contributed by atoms with Crippen LogP contribution in [0.3, 0.4) is 0 Å². The molecular weight excluding hydrogens is 203 g/mol. The molecule has 0 aromatic heterocycles. The third kappa shape index (κ3) is 1.57. The summed E-state index contributed by atoms with van der Waals surface area (Å²) in [6.07, 6.45) is 3.38. The summed E-state index contributed by atoms with van der Waals surface area (Å²) in [5, 5.41) is 0. The maximum Gasteiger partial charge on any atom is 0.163 e. The number of Topliss-reactive ketones (excluding diaryl/α,β-unsaturated/α-hetero) is 1. The van der Waals surface area contributed by atoms with E-state index in [1.165, 1.54) is 6.07 Å². The second kappa shape index (κ2) is 4.00. The van der Waals surface area contributed by atoms with Gasteiger partial charge in [-0.2, -0.15) is 0 Å². The Bertz CT molecular complexity index is 419. The highest BCUT2D eigenvalue weighted by molar-refractivity contribution is 5.99. The van der Waals surface area contributed by atoms with Crippen LogP contribution in [0.25, 0.3) is 0 Å². The molecule has 16 heavy (non-hydrogen) atoms. The number of halogens is 1. The molecule has 0 amide bonds. The third-order valence-electron chi connectivity index (χ3n) is 4.04. The first-order chi connectivity index (χ1) is 7.63. The summed E-state index contributed by atoms with van der Waals surface area (Å²) in [7, 11) is 0. The Kier molecular flexibility index (Phi) is 2.83. The molecule has 2 rings (SSSR count). The van der Waals surface area contributed by atoms with Crippen LogP contribution in [-0.4, -0.2) is 5.78 Å². The Morgan fingerprint density at radius 1 is 1.31 bits per heavy atom. The van der Waals surface area contributed by atoms with Crippen molar-refractivity contribution in [1.29, 1.82) is 0 Å². The molecular formula is C14H17FO. The first-order valence-electron chi connectivity index (χ1n) is 5.96. The Morgan fingerprint density at radius 3 is 2.62 bits per heavy atom. The van der Waals surface area contributed by atoms with Crippen molar-refractivity contribution < 1.29 is 9.18 Å². The van der Waals surface area contributed by atoms with Gasteiger partial charge in [0.1, 0.15) is 5.82 Å². The molecule has 0 saturated carbocycles. The van der Waals surface area contributed by atoms with E-state index in [9.17, 15) is 9.18 Å². The zero-order chi connectivity index (χ0) is 11.8. The summed E-state index contributed by atoms with van der Waals surface area (Å²) in [4.78, 5) is 11.8. The van der Waals surface area contributed by atoms with E-state index in [2.05, 4.69) is 13.8 Å². The van der Waals surface area contributed by atoms with E-state index in [4.69, 9.17) is 0 Å². The molecule has 0 N–H and O–H groups in total. The topological polar surface area (TPSA) is 17.1 Å². The number of benzene rings is 1. The molecule has 86 valence electrons. The van der Waals surface area contributed by atoms with Crippen molar-refractivity contribution in [3.63, 3.8) is 0 Å². The quantitative estimate of drug-likeness (QED) is 0.739. The van der Waals surface area contributed by atoms with Crippen LogP contribution in [0.1, 0.15) is 55.5 Å². The smallest absolute Gasteiger partial charge is 0.163 e. The van der Waals surface area contributed by atoms with E-state index in [-0.39, 0.29) is 17.0 Å². The average Bonchev–Trinajstić information content (AvgIpc) is 2.30. The van der Waals surface area contributed by atoms with Gasteiger partial charge in [-0.25, -0.2) is 4.39 Å². The molecule has 1 aromatic rings. The highest BCUT2D eigenvalue weighted by atomic mass is 19.1. The summed E-state index contributed by atoms with van der Waals surface area (Å²) in [6.45, 7) is 4.24. The van der Waals surface area contributed by atoms with Crippen molar-refractivity contribution >= 4 is 5.78 Å². The van der Waals surface area contributed by atoms with Gasteiger partial charge in [-0.1, -0.05) is 13.8 Å². The first-order valence-corrected chi connectivity index (χ1v) is 5.96. The summed E-state index contributed by atoms with van der Waals surface area (Å²) in [5.74, 6) is -0.0766. The molecule has 0 saturated heterocycles. The number of rotatable bonds is 2. The predicted octanol–water partition coefficient (Wildman–Crippen LogP) is 3.86. The molecule has 0 atom stereocenters. The minimum Gasteiger partial charge on any atom is -0.294 e. The van der Waals surface area contributed by atoms with Crippen LogP contribution >= 0.6 is 0 Å². The number of carbonyl (C=O) groups is 1. The zero-order valence-electron chi connectivity index (χ0n) is 9.85. The number of fused-ring (bicyclic) bond motifs is 1. The lowest BCUT2D eigenvalue weighted by Crippen LogP contribution is -2.32. The number of ketones is 1. The molecule has 1 aliphatic rings. The summed E-state index contributed by atoms with van der Waals surface area (Å²) < 4.78 is 13.3. The van der Waals surface area contributed by atoms with Crippen molar-refractivity contribution in [2.75, 3.05) is 0 Å². The fourth-order valence-electron chi connectivity index (χ4n) is 2.80. The van der Waals surface area contributed by atoms with Gasteiger partial charge in [0.05, 0.1) is 0 Å². The van der Waals surface area contributed by atoms with Crippen molar-refractivity contribution in [2.45, 2.75) is 44.9 Å². The summed E-state index contributed by atoms with van der Waals surface area (Å²) in [5.41, 5.74) is 1.66. The van der Waals surface area contributed by atoms with Crippen LogP contribution in [0, 0.1) is 5.82 Å². The van der Waals surface area contributed by atoms with E-state index in [0.717, 1.165) is 30.4 Å². The Morgan fingerprint density at radius 2 is 2.00 bits per heavy atom. The molecule has 0 fully saturated rings. The first kappa shape index (κ1) is 11.3. The lowest BCUT2D eigenvalue weighted by molar-refractivity contribution is 0.0948. The monoisotopic (exact) mass is 220 g/mol. The lowest BCUT2D eigenvalue weighted by atomic mass is 9.66. The number of carbonyl (C=O) groups excluding carboxylic acids is 1. The van der Waals surface area contributed by atoms with Gasteiger partial charge in [0, 0.05) is 12.0 Å². The van der Waals surface area contributed by atoms with Crippen LogP contribution < -0.4 is 0 Å². The standard InChI is InChI=1S/C14H17FO/c1-3-14(4-2)8-7-13(16)11-6-5-10(15)9-12(11)14/h5-6,9H,3-4,7-8H2,1-2H3. The number of hydrogen-bond donors (Lipinski definition) is 0. The molecule has 0 heterocycles. The summed E-state index contributed by atoms with van der Waals surface area (Å²) >= 11 is 0. The van der Waals surface area contributed by atoms with E-state index in [1.807, 2.05) is 0 Å². The van der Waals surface area contributed by atoms with Crippen LogP contribution in [0.5, 0.6) is 0 Å². The van der Waals surface area contributed by atoms with Crippen LogP contribution in [0.4, 0.5) is 4.39 Å². The van der Waals surface area contributed by atoms with Gasteiger partial charge in [0.2, 0.25) is 0 Å². The fraction of sp³-hybridized carbons (Fsp3) is 0.500. The maximum atomic E-state index is 13.3. The van der Waals surface area contributed by atoms with Gasteiger partial charge in [0.25, 0.3) is 0 Å². The van der Waals surface area contributed by atoms with Crippen molar-refractivity contribution in [2.24, 2.45) is 0 Å². The van der Waals surface area contributed by atoms with Crippen LogP contribution in [0.15, 0.2) is 18.2 Å². The second-order valence-electron chi connectivity index (χ2n) is 4.60. The minimum absolute atomic E-state index is 0.00530. The largest absolute Gasteiger partial charge is 0.294 e. The van der Waals surface area contributed by atoms with Gasteiger partial charge in [-0.05, 0) is 48.4 Å². The minimum atomic E-state index is -0.236.